The van der Waals surface area contributed by atoms with Crippen molar-refractivity contribution in [2.75, 3.05) is 12.8 Å². The number of hydrogen-bond donors (Lipinski definition) is 3. The molecule has 1 amide bonds. The summed E-state index contributed by atoms with van der Waals surface area (Å²) >= 11 is 0. The van der Waals surface area contributed by atoms with Gasteiger partial charge in [-0.05, 0) is 13.0 Å². The van der Waals surface area contributed by atoms with E-state index in [4.69, 9.17) is 16.0 Å². The first kappa shape index (κ1) is 13.9. The van der Waals surface area contributed by atoms with E-state index in [0.29, 0.717) is 25.6 Å². The van der Waals surface area contributed by atoms with E-state index in [1.807, 2.05) is 0 Å². The van der Waals surface area contributed by atoms with Gasteiger partial charge in [0, 0.05) is 6.42 Å². The monoisotopic (exact) mass is 198 g/mol. The van der Waals surface area contributed by atoms with Crippen LogP contribution in [0.4, 0.5) is 0 Å². The molecule has 74 valence electrons. The summed E-state index contributed by atoms with van der Waals surface area (Å²) in [5, 5.41) is 0. The molecule has 0 radical (unpaired) electrons. The average molecular weight is 198 g/mol. The number of rotatable bonds is 3. The maximum Gasteiger partial charge on any atom is 0.261 e. The summed E-state index contributed by atoms with van der Waals surface area (Å²) in [6.45, 7) is 0.545. The van der Waals surface area contributed by atoms with Gasteiger partial charge in [0.05, 0.1) is 6.26 Å². The Bertz CT molecular complexity index is 203. The van der Waals surface area contributed by atoms with Crippen molar-refractivity contribution in [1.29, 1.82) is 0 Å². The summed E-state index contributed by atoms with van der Waals surface area (Å²) in [5.74, 6) is -0.273. The molecule has 0 aliphatic heterocycles. The number of primary amides is 1. The van der Waals surface area contributed by atoms with Crippen molar-refractivity contribution in [3.8, 4) is 0 Å². The van der Waals surface area contributed by atoms with Crippen molar-refractivity contribution in [2.24, 2.45) is 11.5 Å². The summed E-state index contributed by atoms with van der Waals surface area (Å²) in [7, 11) is -3.67. The minimum Gasteiger partial charge on any atom is -0.370 e. The molecular formula is C5H14N2O4S. The normalized spacial score (nSPS) is 9.92. The highest BCUT2D eigenvalue weighted by molar-refractivity contribution is 7.85. The highest BCUT2D eigenvalue weighted by Crippen LogP contribution is 1.80. The molecule has 0 saturated carbocycles. The zero-order valence-electron chi connectivity index (χ0n) is 6.86. The van der Waals surface area contributed by atoms with Crippen molar-refractivity contribution in [1.82, 2.24) is 0 Å². The van der Waals surface area contributed by atoms with E-state index in [2.05, 4.69) is 0 Å². The van der Waals surface area contributed by atoms with Crippen LogP contribution in [0.1, 0.15) is 12.8 Å². The minimum absolute atomic E-state index is 0.273. The molecule has 0 aliphatic carbocycles. The zero-order chi connectivity index (χ0) is 10.2. The molecule has 0 bridgehead atoms. The summed E-state index contributed by atoms with van der Waals surface area (Å²) in [5.41, 5.74) is 9.85. The molecule has 5 N–H and O–H groups in total. The second-order valence-electron chi connectivity index (χ2n) is 2.09. The van der Waals surface area contributed by atoms with Gasteiger partial charge in [0.25, 0.3) is 10.1 Å². The third-order valence-electron chi connectivity index (χ3n) is 0.627. The Kier molecular flexibility index (Phi) is 8.12. The fourth-order valence-electron chi connectivity index (χ4n) is 0.276. The third kappa shape index (κ3) is 58.2. The standard InChI is InChI=1S/C4H10N2O.CH4O3S/c5-3-1-2-4(6)7;1-5(2,3)4/h1-3,5H2,(H2,6,7);1H3,(H,2,3,4). The van der Waals surface area contributed by atoms with Crippen molar-refractivity contribution < 1.29 is 17.8 Å². The van der Waals surface area contributed by atoms with E-state index in [1.165, 1.54) is 0 Å². The number of carbonyl (C=O) groups excluding carboxylic acids is 1. The quantitative estimate of drug-likeness (QED) is 0.487. The largest absolute Gasteiger partial charge is 0.370 e. The number of hydrogen-bond acceptors (Lipinski definition) is 4. The molecule has 0 spiro atoms. The molecule has 0 heterocycles. The smallest absolute Gasteiger partial charge is 0.261 e. The van der Waals surface area contributed by atoms with Gasteiger partial charge < -0.3 is 11.5 Å². The second-order valence-corrected chi connectivity index (χ2v) is 3.56. The van der Waals surface area contributed by atoms with Crippen LogP contribution in [0.2, 0.25) is 0 Å². The molecule has 12 heavy (non-hydrogen) atoms. The Hall–Kier alpha value is -0.660. The Balaban J connectivity index is 0. The molecule has 0 aromatic rings. The van der Waals surface area contributed by atoms with E-state index in [0.717, 1.165) is 0 Å². The summed E-state index contributed by atoms with van der Waals surface area (Å²) in [4.78, 5) is 9.92. The van der Waals surface area contributed by atoms with Crippen LogP contribution in [-0.2, 0) is 14.9 Å². The maximum absolute atomic E-state index is 9.92. The Labute approximate surface area is 71.7 Å². The SMILES string of the molecule is CS(=O)(=O)O.NCCCC(N)=O. The lowest BCUT2D eigenvalue weighted by molar-refractivity contribution is -0.118. The summed E-state index contributed by atoms with van der Waals surface area (Å²) in [6, 6.07) is 0. The predicted octanol–water partition coefficient (Wildman–Crippen LogP) is -1.29. The molecule has 0 aliphatic rings. The van der Waals surface area contributed by atoms with Crippen LogP contribution in [0.25, 0.3) is 0 Å². The summed E-state index contributed by atoms with van der Waals surface area (Å²) in [6.07, 6.45) is 1.83. The molecule has 7 heteroatoms. The van der Waals surface area contributed by atoms with Crippen molar-refractivity contribution in [2.45, 2.75) is 12.8 Å². The lowest BCUT2D eigenvalue weighted by Crippen LogP contribution is -2.12. The van der Waals surface area contributed by atoms with E-state index < -0.39 is 10.1 Å². The Morgan fingerprint density at radius 3 is 1.92 bits per heavy atom. The molecule has 0 atom stereocenters. The first-order valence-electron chi connectivity index (χ1n) is 3.18. The molecule has 6 nitrogen and oxygen atoms in total. The molecule has 0 fully saturated rings. The van der Waals surface area contributed by atoms with E-state index >= 15 is 0 Å². The Morgan fingerprint density at radius 2 is 1.83 bits per heavy atom. The highest BCUT2D eigenvalue weighted by atomic mass is 32.2. The molecule has 0 unspecified atom stereocenters. The van der Waals surface area contributed by atoms with Crippen LogP contribution in [0.15, 0.2) is 0 Å². The first-order chi connectivity index (χ1) is 5.27. The van der Waals surface area contributed by atoms with Crippen molar-refractivity contribution in [3.05, 3.63) is 0 Å². The van der Waals surface area contributed by atoms with Gasteiger partial charge in [0.1, 0.15) is 0 Å². The van der Waals surface area contributed by atoms with Crippen LogP contribution in [-0.4, -0.2) is 31.7 Å². The molecule has 0 saturated heterocycles. The van der Waals surface area contributed by atoms with Gasteiger partial charge in [-0.2, -0.15) is 8.42 Å². The second kappa shape index (κ2) is 7.01. The van der Waals surface area contributed by atoms with Gasteiger partial charge in [-0.3, -0.25) is 9.35 Å². The topological polar surface area (TPSA) is 123 Å². The van der Waals surface area contributed by atoms with Crippen LogP contribution in [0.5, 0.6) is 0 Å². The minimum atomic E-state index is -3.67. The van der Waals surface area contributed by atoms with Gasteiger partial charge in [-0.25, -0.2) is 0 Å². The van der Waals surface area contributed by atoms with E-state index in [-0.39, 0.29) is 5.91 Å². The van der Waals surface area contributed by atoms with Gasteiger partial charge in [0.2, 0.25) is 5.91 Å². The fourth-order valence-corrected chi connectivity index (χ4v) is 0.276. The van der Waals surface area contributed by atoms with E-state index in [9.17, 15) is 13.2 Å². The van der Waals surface area contributed by atoms with Gasteiger partial charge in [-0.1, -0.05) is 0 Å². The van der Waals surface area contributed by atoms with Gasteiger partial charge in [-0.15, -0.1) is 0 Å². The van der Waals surface area contributed by atoms with Crippen molar-refractivity contribution in [3.63, 3.8) is 0 Å². The number of amides is 1. The third-order valence-corrected chi connectivity index (χ3v) is 0.627. The first-order valence-corrected chi connectivity index (χ1v) is 5.03. The van der Waals surface area contributed by atoms with Crippen LogP contribution >= 0.6 is 0 Å². The molecular weight excluding hydrogens is 184 g/mol. The van der Waals surface area contributed by atoms with E-state index in [1.54, 1.807) is 0 Å². The highest BCUT2D eigenvalue weighted by Gasteiger charge is 1.88. The summed E-state index contributed by atoms with van der Waals surface area (Å²) < 4.78 is 25.9. The van der Waals surface area contributed by atoms with Crippen LogP contribution < -0.4 is 11.5 Å². The van der Waals surface area contributed by atoms with Gasteiger partial charge in [0.15, 0.2) is 0 Å². The molecule has 0 aromatic carbocycles. The van der Waals surface area contributed by atoms with Crippen LogP contribution in [0.3, 0.4) is 0 Å². The average Bonchev–Trinajstić information content (AvgIpc) is 1.79. The lowest BCUT2D eigenvalue weighted by Gasteiger charge is -1.87. The fraction of sp³-hybridized carbons (Fsp3) is 0.800. The number of nitrogens with two attached hydrogens (primary N) is 2. The van der Waals surface area contributed by atoms with Crippen LogP contribution in [0, 0.1) is 0 Å². The molecule has 0 aromatic heterocycles. The molecule has 0 rings (SSSR count). The Morgan fingerprint density at radius 1 is 1.50 bits per heavy atom. The lowest BCUT2D eigenvalue weighted by atomic mass is 10.3. The number of carbonyl (C=O) groups is 1. The van der Waals surface area contributed by atoms with Crippen molar-refractivity contribution >= 4 is 16.0 Å². The maximum atomic E-state index is 9.92. The predicted molar refractivity (Wildman–Crippen MR) is 45.0 cm³/mol. The van der Waals surface area contributed by atoms with Gasteiger partial charge >= 0.3 is 0 Å². The zero-order valence-corrected chi connectivity index (χ0v) is 7.67.